The van der Waals surface area contributed by atoms with E-state index in [1.54, 1.807) is 28.8 Å². The first-order valence-corrected chi connectivity index (χ1v) is 15.0. The van der Waals surface area contributed by atoms with Crippen LogP contribution in [0.2, 0.25) is 0 Å². The molecule has 35 heavy (non-hydrogen) atoms. The Balaban J connectivity index is 1.36. The van der Waals surface area contributed by atoms with Crippen LogP contribution in [-0.2, 0) is 32.6 Å². The maximum Gasteiger partial charge on any atom is 0.175 e. The molecular formula is C25H26N4O4S2. The number of aromatic nitrogens is 3. The maximum atomic E-state index is 11.8. The number of sulfone groups is 2. The summed E-state index contributed by atoms with van der Waals surface area (Å²) in [5, 5.41) is 4.73. The molecule has 0 aliphatic carbocycles. The van der Waals surface area contributed by atoms with Crippen molar-refractivity contribution in [2.24, 2.45) is 0 Å². The van der Waals surface area contributed by atoms with Crippen molar-refractivity contribution in [3.05, 3.63) is 83.7 Å². The lowest BCUT2D eigenvalue weighted by atomic mass is 10.1. The normalized spacial score (nSPS) is 16.5. The average Bonchev–Trinajstić information content (AvgIpc) is 3.23. The van der Waals surface area contributed by atoms with Crippen LogP contribution in [0.3, 0.4) is 0 Å². The largest absolute Gasteiger partial charge is 0.297 e. The zero-order chi connectivity index (χ0) is 24.6. The molecule has 1 aliphatic rings. The van der Waals surface area contributed by atoms with E-state index in [-0.39, 0.29) is 16.4 Å². The van der Waals surface area contributed by atoms with Crippen LogP contribution in [0.15, 0.2) is 71.6 Å². The van der Waals surface area contributed by atoms with E-state index in [1.807, 2.05) is 30.3 Å². The number of fused-ring (bicyclic) bond motifs is 1. The van der Waals surface area contributed by atoms with Gasteiger partial charge in [0, 0.05) is 37.9 Å². The van der Waals surface area contributed by atoms with Gasteiger partial charge in [-0.3, -0.25) is 4.90 Å². The summed E-state index contributed by atoms with van der Waals surface area (Å²) in [6, 6.07) is 20.7. The van der Waals surface area contributed by atoms with E-state index < -0.39 is 19.7 Å². The molecule has 0 atom stereocenters. The van der Waals surface area contributed by atoms with Gasteiger partial charge >= 0.3 is 0 Å². The minimum Gasteiger partial charge on any atom is -0.297 e. The standard InChI is InChI=1S/C25H26N4O4S2/c1-34(30,31)22-10-8-21(9-11-22)23-6-3-7-25-26-24(27-29(23)25)17-19-4-2-5-20(16-19)18-28-12-14-35(32,33)15-13-28/h2-11,16H,12-15,17-18H2,1H3. The molecule has 4 aromatic rings. The van der Waals surface area contributed by atoms with Crippen molar-refractivity contribution in [1.29, 1.82) is 0 Å². The molecule has 3 heterocycles. The molecule has 5 rings (SSSR count). The highest BCUT2D eigenvalue weighted by atomic mass is 32.2. The highest BCUT2D eigenvalue weighted by Crippen LogP contribution is 2.23. The third-order valence-corrected chi connectivity index (χ3v) is 8.92. The predicted molar refractivity (Wildman–Crippen MR) is 135 cm³/mol. The molecule has 0 amide bonds. The molecule has 10 heteroatoms. The molecule has 1 saturated heterocycles. The Hall–Kier alpha value is -3.08. The molecule has 182 valence electrons. The Morgan fingerprint density at radius 2 is 1.60 bits per heavy atom. The van der Waals surface area contributed by atoms with Crippen molar-refractivity contribution < 1.29 is 16.8 Å². The molecule has 1 fully saturated rings. The first kappa shape index (κ1) is 23.7. The molecule has 1 aliphatic heterocycles. The van der Waals surface area contributed by atoms with Gasteiger partial charge in [-0.1, -0.05) is 42.5 Å². The second-order valence-electron chi connectivity index (χ2n) is 8.93. The van der Waals surface area contributed by atoms with Crippen LogP contribution in [-0.4, -0.2) is 67.2 Å². The summed E-state index contributed by atoms with van der Waals surface area (Å²) in [5.74, 6) is 1.13. The fourth-order valence-corrected chi connectivity index (χ4v) is 6.21. The monoisotopic (exact) mass is 510 g/mol. The Morgan fingerprint density at radius 1 is 0.914 bits per heavy atom. The Kier molecular flexibility index (Phi) is 6.20. The summed E-state index contributed by atoms with van der Waals surface area (Å²) in [6.45, 7) is 1.85. The summed E-state index contributed by atoms with van der Waals surface area (Å²) in [6.07, 6.45) is 1.76. The van der Waals surface area contributed by atoms with Crippen molar-refractivity contribution in [3.8, 4) is 11.3 Å². The SMILES string of the molecule is CS(=O)(=O)c1ccc(-c2cccc3nc(Cc4cccc(CN5CCS(=O)(=O)CC5)c4)nn23)cc1. The number of rotatable bonds is 6. The van der Waals surface area contributed by atoms with Gasteiger partial charge in [0.05, 0.1) is 22.1 Å². The quantitative estimate of drug-likeness (QED) is 0.393. The van der Waals surface area contributed by atoms with Gasteiger partial charge in [-0.05, 0) is 35.4 Å². The number of hydrogen-bond acceptors (Lipinski definition) is 7. The van der Waals surface area contributed by atoms with Gasteiger partial charge in [-0.25, -0.2) is 26.3 Å². The fourth-order valence-electron chi connectivity index (χ4n) is 4.30. The minimum absolute atomic E-state index is 0.219. The van der Waals surface area contributed by atoms with Crippen molar-refractivity contribution in [2.75, 3.05) is 30.9 Å². The third-order valence-electron chi connectivity index (χ3n) is 6.18. The zero-order valence-electron chi connectivity index (χ0n) is 19.3. The Labute approximate surface area is 205 Å². The molecule has 2 aromatic carbocycles. The summed E-state index contributed by atoms with van der Waals surface area (Å²) < 4.78 is 48.7. The second-order valence-corrected chi connectivity index (χ2v) is 13.2. The molecule has 0 saturated carbocycles. The topological polar surface area (TPSA) is 102 Å². The molecule has 0 bridgehead atoms. The van der Waals surface area contributed by atoms with Crippen LogP contribution < -0.4 is 0 Å². The zero-order valence-corrected chi connectivity index (χ0v) is 21.0. The van der Waals surface area contributed by atoms with Gasteiger partial charge in [-0.15, -0.1) is 0 Å². The molecule has 0 N–H and O–H groups in total. The van der Waals surface area contributed by atoms with E-state index in [1.165, 1.54) is 6.26 Å². The van der Waals surface area contributed by atoms with Crippen molar-refractivity contribution in [2.45, 2.75) is 17.9 Å². The molecule has 0 radical (unpaired) electrons. The van der Waals surface area contributed by atoms with Gasteiger partial charge in [0.2, 0.25) is 0 Å². The van der Waals surface area contributed by atoms with Crippen LogP contribution in [0.5, 0.6) is 0 Å². The van der Waals surface area contributed by atoms with Crippen molar-refractivity contribution in [3.63, 3.8) is 0 Å². The first-order valence-electron chi connectivity index (χ1n) is 11.3. The molecule has 8 nitrogen and oxygen atoms in total. The number of nitrogens with zero attached hydrogens (tertiary/aromatic N) is 4. The van der Waals surface area contributed by atoms with E-state index in [0.29, 0.717) is 25.3 Å². The van der Waals surface area contributed by atoms with Gasteiger partial charge < -0.3 is 0 Å². The minimum atomic E-state index is -3.26. The number of hydrogen-bond donors (Lipinski definition) is 0. The van der Waals surface area contributed by atoms with Gasteiger partial charge in [0.1, 0.15) is 0 Å². The third kappa shape index (κ3) is 5.44. The van der Waals surface area contributed by atoms with E-state index in [2.05, 4.69) is 17.0 Å². The van der Waals surface area contributed by atoms with Gasteiger partial charge in [-0.2, -0.15) is 5.10 Å². The van der Waals surface area contributed by atoms with Crippen molar-refractivity contribution in [1.82, 2.24) is 19.5 Å². The summed E-state index contributed by atoms with van der Waals surface area (Å²) in [7, 11) is -6.15. The average molecular weight is 511 g/mol. The number of pyridine rings is 1. The van der Waals surface area contributed by atoms with Gasteiger partial charge in [0.15, 0.2) is 31.1 Å². The smallest absolute Gasteiger partial charge is 0.175 e. The van der Waals surface area contributed by atoms with E-state index >= 15 is 0 Å². The summed E-state index contributed by atoms with van der Waals surface area (Å²) in [5.41, 5.74) is 4.62. The van der Waals surface area contributed by atoms with E-state index in [4.69, 9.17) is 10.1 Å². The highest BCUT2D eigenvalue weighted by molar-refractivity contribution is 7.91. The van der Waals surface area contributed by atoms with Crippen LogP contribution in [0, 0.1) is 0 Å². The molecule has 0 unspecified atom stereocenters. The lowest BCUT2D eigenvalue weighted by molar-refractivity contribution is 0.287. The fraction of sp³-hybridized carbons (Fsp3) is 0.280. The molecule has 0 spiro atoms. The van der Waals surface area contributed by atoms with Crippen LogP contribution in [0.4, 0.5) is 0 Å². The van der Waals surface area contributed by atoms with E-state index in [0.717, 1.165) is 34.6 Å². The lowest BCUT2D eigenvalue weighted by Crippen LogP contribution is -2.39. The second kappa shape index (κ2) is 9.18. The van der Waals surface area contributed by atoms with Crippen LogP contribution >= 0.6 is 0 Å². The van der Waals surface area contributed by atoms with E-state index in [9.17, 15) is 16.8 Å². The lowest BCUT2D eigenvalue weighted by Gasteiger charge is -2.26. The van der Waals surface area contributed by atoms with Crippen LogP contribution in [0.25, 0.3) is 16.9 Å². The maximum absolute atomic E-state index is 11.8. The highest BCUT2D eigenvalue weighted by Gasteiger charge is 2.21. The number of benzene rings is 2. The first-order chi connectivity index (χ1) is 16.7. The molecular weight excluding hydrogens is 484 g/mol. The molecule has 2 aromatic heterocycles. The Bertz CT molecular complexity index is 1580. The summed E-state index contributed by atoms with van der Waals surface area (Å²) >= 11 is 0. The Morgan fingerprint density at radius 3 is 2.31 bits per heavy atom. The summed E-state index contributed by atoms with van der Waals surface area (Å²) in [4.78, 5) is 7.14. The van der Waals surface area contributed by atoms with Crippen LogP contribution in [0.1, 0.15) is 17.0 Å². The van der Waals surface area contributed by atoms with Crippen molar-refractivity contribution >= 4 is 25.3 Å². The predicted octanol–water partition coefficient (Wildman–Crippen LogP) is 2.62. The van der Waals surface area contributed by atoms with Gasteiger partial charge in [0.25, 0.3) is 0 Å².